The number of carbonyl (C=O) groups is 2. The van der Waals surface area contributed by atoms with E-state index in [1.54, 1.807) is 4.90 Å². The smallest absolute Gasteiger partial charge is 0.256 e. The monoisotopic (exact) mass is 422 g/mol. The Labute approximate surface area is 180 Å². The summed E-state index contributed by atoms with van der Waals surface area (Å²) in [5.74, 6) is -0.160. The van der Waals surface area contributed by atoms with Crippen LogP contribution in [0.3, 0.4) is 0 Å². The summed E-state index contributed by atoms with van der Waals surface area (Å²) in [5.41, 5.74) is 4.50. The number of Topliss-reactive ketones (excluding diaryl/α,β-unsaturated/α-hetero) is 1. The number of amides is 1. The summed E-state index contributed by atoms with van der Waals surface area (Å²) in [6.07, 6.45) is 1.49. The first kappa shape index (κ1) is 20.0. The highest BCUT2D eigenvalue weighted by molar-refractivity contribution is 6.02. The molecule has 0 saturated carbocycles. The number of benzene rings is 1. The molecule has 3 aromatic rings. The van der Waals surface area contributed by atoms with Crippen LogP contribution in [-0.4, -0.2) is 69.6 Å². The number of likely N-dealkylation sites (tertiary alicyclic amines) is 1. The number of ether oxygens (including phenoxy) is 2. The first-order valence-electron chi connectivity index (χ1n) is 10.6. The molecule has 4 heterocycles. The Morgan fingerprint density at radius 2 is 1.77 bits per heavy atom. The SMILES string of the molecule is CC(=O)c1[nH]c(C)c(C(=O)N2C[C@@H]3OCC(n4cnc5ccccc54)CO[C@H]3C2)c1C. The van der Waals surface area contributed by atoms with Crippen LogP contribution in [0.1, 0.15) is 45.1 Å². The molecular weight excluding hydrogens is 396 g/mol. The normalized spacial score (nSPS) is 22.0. The number of rotatable bonds is 3. The lowest BCUT2D eigenvalue weighted by Crippen LogP contribution is -2.32. The van der Waals surface area contributed by atoms with Gasteiger partial charge in [0.05, 0.1) is 47.9 Å². The number of carbonyl (C=O) groups excluding carboxylic acids is 2. The number of hydrogen-bond donors (Lipinski definition) is 1. The molecule has 1 amide bonds. The van der Waals surface area contributed by atoms with Gasteiger partial charge in [0.1, 0.15) is 12.2 Å². The third kappa shape index (κ3) is 3.36. The molecule has 1 aromatic carbocycles. The molecule has 1 N–H and O–H groups in total. The quantitative estimate of drug-likeness (QED) is 0.656. The van der Waals surface area contributed by atoms with Crippen molar-refractivity contribution in [3.63, 3.8) is 0 Å². The minimum atomic E-state index is -0.171. The molecular formula is C23H26N4O4. The number of nitrogens with zero attached hydrogens (tertiary/aromatic N) is 3. The van der Waals surface area contributed by atoms with E-state index in [9.17, 15) is 9.59 Å². The molecule has 2 fully saturated rings. The summed E-state index contributed by atoms with van der Waals surface area (Å²) in [6, 6.07) is 8.05. The Morgan fingerprint density at radius 1 is 1.10 bits per heavy atom. The molecule has 0 spiro atoms. The minimum absolute atomic E-state index is 0.0365. The van der Waals surface area contributed by atoms with E-state index in [1.165, 1.54) is 6.92 Å². The predicted molar refractivity (Wildman–Crippen MR) is 114 cm³/mol. The van der Waals surface area contributed by atoms with E-state index in [-0.39, 0.29) is 29.9 Å². The Kier molecular flexibility index (Phi) is 4.91. The van der Waals surface area contributed by atoms with Gasteiger partial charge < -0.3 is 23.9 Å². The van der Waals surface area contributed by atoms with Crippen LogP contribution in [0.5, 0.6) is 0 Å². The number of nitrogens with one attached hydrogen (secondary N) is 1. The standard InChI is InChI=1S/C23H26N4O4/c1-13-21(14(2)25-22(13)15(3)28)23(29)26-8-19-20(9-26)31-11-16(10-30-19)27-12-24-17-6-4-5-7-18(17)27/h4-7,12,16,19-20,25H,8-11H2,1-3H3/t19-,20-/m0/s1. The number of imidazole rings is 1. The largest absolute Gasteiger partial charge is 0.371 e. The highest BCUT2D eigenvalue weighted by Crippen LogP contribution is 2.28. The zero-order chi connectivity index (χ0) is 21.7. The Hall–Kier alpha value is -2.97. The highest BCUT2D eigenvalue weighted by Gasteiger charge is 2.41. The minimum Gasteiger partial charge on any atom is -0.371 e. The Bertz CT molecular complexity index is 1150. The van der Waals surface area contributed by atoms with E-state index in [0.717, 1.165) is 11.0 Å². The fraction of sp³-hybridized carbons (Fsp3) is 0.435. The predicted octanol–water partition coefficient (Wildman–Crippen LogP) is 2.66. The van der Waals surface area contributed by atoms with Crippen LogP contribution >= 0.6 is 0 Å². The fourth-order valence-electron chi connectivity index (χ4n) is 4.76. The van der Waals surface area contributed by atoms with Crippen LogP contribution < -0.4 is 0 Å². The van der Waals surface area contributed by atoms with Crippen LogP contribution in [0.25, 0.3) is 11.0 Å². The number of H-pyrrole nitrogens is 1. The molecule has 0 unspecified atom stereocenters. The fourth-order valence-corrected chi connectivity index (χ4v) is 4.76. The summed E-state index contributed by atoms with van der Waals surface area (Å²) in [5, 5.41) is 0. The van der Waals surface area contributed by atoms with Gasteiger partial charge in [0.25, 0.3) is 5.91 Å². The lowest BCUT2D eigenvalue weighted by molar-refractivity contribution is -0.00461. The zero-order valence-corrected chi connectivity index (χ0v) is 17.9. The number of para-hydroxylation sites is 2. The zero-order valence-electron chi connectivity index (χ0n) is 17.9. The van der Waals surface area contributed by atoms with Gasteiger partial charge in [0.2, 0.25) is 0 Å². The van der Waals surface area contributed by atoms with Crippen molar-refractivity contribution in [2.24, 2.45) is 0 Å². The lowest BCUT2D eigenvalue weighted by Gasteiger charge is -2.20. The second-order valence-electron chi connectivity index (χ2n) is 8.43. The second kappa shape index (κ2) is 7.62. The summed E-state index contributed by atoms with van der Waals surface area (Å²) >= 11 is 0. The van der Waals surface area contributed by atoms with E-state index in [0.29, 0.717) is 48.8 Å². The highest BCUT2D eigenvalue weighted by atomic mass is 16.6. The van der Waals surface area contributed by atoms with Gasteiger partial charge in [-0.3, -0.25) is 9.59 Å². The number of fused-ring (bicyclic) bond motifs is 2. The summed E-state index contributed by atoms with van der Waals surface area (Å²) in [4.78, 5) is 34.3. The Morgan fingerprint density at radius 3 is 2.42 bits per heavy atom. The maximum absolute atomic E-state index is 13.2. The average Bonchev–Trinajstić information content (AvgIpc) is 3.40. The van der Waals surface area contributed by atoms with Gasteiger partial charge in [0.15, 0.2) is 5.78 Å². The van der Waals surface area contributed by atoms with Gasteiger partial charge in [-0.25, -0.2) is 4.98 Å². The maximum Gasteiger partial charge on any atom is 0.256 e. The van der Waals surface area contributed by atoms with Crippen molar-refractivity contribution in [1.82, 2.24) is 19.4 Å². The average molecular weight is 422 g/mol. The van der Waals surface area contributed by atoms with Crippen molar-refractivity contribution >= 4 is 22.7 Å². The third-order valence-corrected chi connectivity index (χ3v) is 6.39. The van der Waals surface area contributed by atoms with E-state index >= 15 is 0 Å². The third-order valence-electron chi connectivity index (χ3n) is 6.39. The van der Waals surface area contributed by atoms with Crippen molar-refractivity contribution < 1.29 is 19.1 Å². The van der Waals surface area contributed by atoms with Crippen LogP contribution in [0.4, 0.5) is 0 Å². The van der Waals surface area contributed by atoms with Gasteiger partial charge in [0, 0.05) is 25.7 Å². The van der Waals surface area contributed by atoms with Crippen molar-refractivity contribution in [2.75, 3.05) is 26.3 Å². The van der Waals surface area contributed by atoms with Gasteiger partial charge in [-0.2, -0.15) is 0 Å². The maximum atomic E-state index is 13.2. The summed E-state index contributed by atoms with van der Waals surface area (Å²) < 4.78 is 14.5. The molecule has 0 aliphatic carbocycles. The molecule has 0 bridgehead atoms. The van der Waals surface area contributed by atoms with Gasteiger partial charge in [-0.15, -0.1) is 0 Å². The summed E-state index contributed by atoms with van der Waals surface area (Å²) in [7, 11) is 0. The molecule has 5 rings (SSSR count). The molecule has 2 saturated heterocycles. The first-order valence-corrected chi connectivity index (χ1v) is 10.6. The number of aryl methyl sites for hydroxylation is 1. The molecule has 8 nitrogen and oxygen atoms in total. The van der Waals surface area contributed by atoms with Crippen molar-refractivity contribution in [3.8, 4) is 0 Å². The lowest BCUT2D eigenvalue weighted by atomic mass is 10.1. The molecule has 0 radical (unpaired) electrons. The molecule has 2 aliphatic heterocycles. The molecule has 2 aromatic heterocycles. The van der Waals surface area contributed by atoms with E-state index in [1.807, 2.05) is 44.4 Å². The van der Waals surface area contributed by atoms with E-state index in [4.69, 9.17) is 9.47 Å². The number of hydrogen-bond acceptors (Lipinski definition) is 5. The Balaban J connectivity index is 1.30. The van der Waals surface area contributed by atoms with Crippen LogP contribution in [0.15, 0.2) is 30.6 Å². The van der Waals surface area contributed by atoms with Crippen LogP contribution in [0, 0.1) is 13.8 Å². The van der Waals surface area contributed by atoms with Crippen LogP contribution in [-0.2, 0) is 9.47 Å². The molecule has 2 aliphatic rings. The summed E-state index contributed by atoms with van der Waals surface area (Å²) in [6.45, 7) is 7.09. The molecule has 31 heavy (non-hydrogen) atoms. The van der Waals surface area contributed by atoms with Crippen molar-refractivity contribution in [1.29, 1.82) is 0 Å². The molecule has 2 atom stereocenters. The van der Waals surface area contributed by atoms with Gasteiger partial charge in [-0.1, -0.05) is 12.1 Å². The number of aromatic nitrogens is 3. The topological polar surface area (TPSA) is 89.5 Å². The molecule has 162 valence electrons. The first-order chi connectivity index (χ1) is 14.9. The van der Waals surface area contributed by atoms with Crippen molar-refractivity contribution in [2.45, 2.75) is 39.0 Å². The number of ketones is 1. The van der Waals surface area contributed by atoms with E-state index in [2.05, 4.69) is 14.5 Å². The second-order valence-corrected chi connectivity index (χ2v) is 8.43. The van der Waals surface area contributed by atoms with E-state index < -0.39 is 0 Å². The van der Waals surface area contributed by atoms with Gasteiger partial charge >= 0.3 is 0 Å². The van der Waals surface area contributed by atoms with Crippen molar-refractivity contribution in [3.05, 3.63) is 53.1 Å². The number of aromatic amines is 1. The van der Waals surface area contributed by atoms with Crippen LogP contribution in [0.2, 0.25) is 0 Å². The molecule has 8 heteroatoms. The van der Waals surface area contributed by atoms with Gasteiger partial charge in [-0.05, 0) is 31.5 Å².